The van der Waals surface area contributed by atoms with Crippen LogP contribution in [0.15, 0.2) is 27.5 Å². The Labute approximate surface area is 77.1 Å². The first kappa shape index (κ1) is 7.61. The van der Waals surface area contributed by atoms with Crippen LogP contribution < -0.4 is 5.56 Å². The summed E-state index contributed by atoms with van der Waals surface area (Å²) in [5.41, 5.74) is 0.856. The lowest BCUT2D eigenvalue weighted by molar-refractivity contribution is 0.783. The monoisotopic (exact) mass is 226 g/mol. The molecule has 12 heavy (non-hydrogen) atoms. The standard InChI is InChI=1S/C8H7BrN2O/c1-11-6-4-2-3-5(9)7(6)8(12)10-11/h2-4H,1H3,(H,10,12). The van der Waals surface area contributed by atoms with E-state index in [1.165, 1.54) is 0 Å². The van der Waals surface area contributed by atoms with E-state index in [9.17, 15) is 4.79 Å². The summed E-state index contributed by atoms with van der Waals surface area (Å²) in [5, 5.41) is 3.40. The number of aromatic amines is 1. The van der Waals surface area contributed by atoms with E-state index in [-0.39, 0.29) is 5.56 Å². The highest BCUT2D eigenvalue weighted by Crippen LogP contribution is 2.19. The molecule has 1 aromatic heterocycles. The molecule has 4 heteroatoms. The molecular weight excluding hydrogens is 220 g/mol. The maximum absolute atomic E-state index is 11.3. The SMILES string of the molecule is Cn1[nH]c(=O)c2c(Br)cccc21. The molecular formula is C8H7BrN2O. The van der Waals surface area contributed by atoms with Crippen LogP contribution in [0.5, 0.6) is 0 Å². The number of nitrogens with one attached hydrogen (secondary N) is 1. The van der Waals surface area contributed by atoms with E-state index in [2.05, 4.69) is 21.0 Å². The van der Waals surface area contributed by atoms with Gasteiger partial charge in [-0.3, -0.25) is 14.6 Å². The predicted octanol–water partition coefficient (Wildman–Crippen LogP) is 1.63. The number of aryl methyl sites for hydroxylation is 1. The Balaban J connectivity index is 3.09. The van der Waals surface area contributed by atoms with Gasteiger partial charge in [0.15, 0.2) is 0 Å². The quantitative estimate of drug-likeness (QED) is 0.729. The van der Waals surface area contributed by atoms with Crippen LogP contribution in [0.2, 0.25) is 0 Å². The van der Waals surface area contributed by atoms with Crippen molar-refractivity contribution in [2.24, 2.45) is 7.05 Å². The van der Waals surface area contributed by atoms with E-state index in [1.807, 2.05) is 25.2 Å². The minimum absolute atomic E-state index is 0.0556. The molecule has 0 unspecified atom stereocenters. The fourth-order valence-corrected chi connectivity index (χ4v) is 1.82. The maximum atomic E-state index is 11.3. The van der Waals surface area contributed by atoms with Gasteiger partial charge in [0, 0.05) is 11.5 Å². The van der Waals surface area contributed by atoms with Gasteiger partial charge in [0.2, 0.25) is 0 Å². The first-order valence-electron chi connectivity index (χ1n) is 3.53. The molecule has 2 aromatic rings. The van der Waals surface area contributed by atoms with Crippen LogP contribution >= 0.6 is 15.9 Å². The minimum atomic E-state index is -0.0556. The van der Waals surface area contributed by atoms with Crippen LogP contribution in [-0.4, -0.2) is 9.78 Å². The largest absolute Gasteiger partial charge is 0.288 e. The average Bonchev–Trinajstić information content (AvgIpc) is 2.29. The number of fused-ring (bicyclic) bond motifs is 1. The summed E-state index contributed by atoms with van der Waals surface area (Å²) in [6, 6.07) is 5.66. The van der Waals surface area contributed by atoms with E-state index >= 15 is 0 Å². The number of rotatable bonds is 0. The predicted molar refractivity (Wildman–Crippen MR) is 51.2 cm³/mol. The highest BCUT2D eigenvalue weighted by molar-refractivity contribution is 9.10. The lowest BCUT2D eigenvalue weighted by Crippen LogP contribution is -2.01. The lowest BCUT2D eigenvalue weighted by Gasteiger charge is -1.93. The van der Waals surface area contributed by atoms with Gasteiger partial charge in [-0.15, -0.1) is 0 Å². The Kier molecular flexibility index (Phi) is 1.58. The second-order valence-electron chi connectivity index (χ2n) is 2.63. The molecule has 0 atom stereocenters. The third kappa shape index (κ3) is 0.914. The number of hydrogen-bond donors (Lipinski definition) is 1. The van der Waals surface area contributed by atoms with Gasteiger partial charge in [-0.25, -0.2) is 0 Å². The van der Waals surface area contributed by atoms with Gasteiger partial charge in [-0.1, -0.05) is 6.07 Å². The number of aromatic nitrogens is 2. The highest BCUT2D eigenvalue weighted by atomic mass is 79.9. The van der Waals surface area contributed by atoms with Gasteiger partial charge in [-0.2, -0.15) is 0 Å². The van der Waals surface area contributed by atoms with Crippen molar-refractivity contribution < 1.29 is 0 Å². The lowest BCUT2D eigenvalue weighted by atomic mass is 10.2. The van der Waals surface area contributed by atoms with E-state index in [4.69, 9.17) is 0 Å². The van der Waals surface area contributed by atoms with E-state index in [1.54, 1.807) is 4.68 Å². The van der Waals surface area contributed by atoms with Crippen molar-refractivity contribution in [1.82, 2.24) is 9.78 Å². The molecule has 0 aliphatic heterocycles. The summed E-state index contributed by atoms with van der Waals surface area (Å²) >= 11 is 3.33. The van der Waals surface area contributed by atoms with Crippen LogP contribution in [0.4, 0.5) is 0 Å². The summed E-state index contributed by atoms with van der Waals surface area (Å²) in [6.07, 6.45) is 0. The zero-order chi connectivity index (χ0) is 8.72. The summed E-state index contributed by atoms with van der Waals surface area (Å²) in [5.74, 6) is 0. The molecule has 3 nitrogen and oxygen atoms in total. The van der Waals surface area contributed by atoms with Gasteiger partial charge in [0.1, 0.15) is 0 Å². The van der Waals surface area contributed by atoms with E-state index in [0.29, 0.717) is 5.39 Å². The van der Waals surface area contributed by atoms with Crippen LogP contribution in [0.1, 0.15) is 0 Å². The fourth-order valence-electron chi connectivity index (χ4n) is 1.29. The van der Waals surface area contributed by atoms with Crippen LogP contribution in [-0.2, 0) is 7.05 Å². The Morgan fingerprint density at radius 1 is 1.50 bits per heavy atom. The number of H-pyrrole nitrogens is 1. The average molecular weight is 227 g/mol. The number of halogens is 1. The van der Waals surface area contributed by atoms with Gasteiger partial charge < -0.3 is 0 Å². The first-order valence-corrected chi connectivity index (χ1v) is 4.32. The number of hydrogen-bond acceptors (Lipinski definition) is 1. The second-order valence-corrected chi connectivity index (χ2v) is 3.49. The molecule has 0 aliphatic rings. The van der Waals surface area contributed by atoms with Crippen molar-refractivity contribution in [2.75, 3.05) is 0 Å². The first-order chi connectivity index (χ1) is 5.70. The fraction of sp³-hybridized carbons (Fsp3) is 0.125. The molecule has 1 N–H and O–H groups in total. The smallest absolute Gasteiger partial charge is 0.273 e. The number of nitrogens with zero attached hydrogens (tertiary/aromatic N) is 1. The molecule has 1 heterocycles. The highest BCUT2D eigenvalue weighted by Gasteiger charge is 2.05. The van der Waals surface area contributed by atoms with E-state index < -0.39 is 0 Å². The number of benzene rings is 1. The molecule has 0 amide bonds. The van der Waals surface area contributed by atoms with Crippen molar-refractivity contribution in [3.05, 3.63) is 33.0 Å². The van der Waals surface area contributed by atoms with Crippen molar-refractivity contribution in [3.63, 3.8) is 0 Å². The zero-order valence-corrected chi connectivity index (χ0v) is 8.05. The van der Waals surface area contributed by atoms with Crippen LogP contribution in [0.25, 0.3) is 10.9 Å². The Morgan fingerprint density at radius 3 is 2.92 bits per heavy atom. The molecule has 0 radical (unpaired) electrons. The van der Waals surface area contributed by atoms with Crippen molar-refractivity contribution >= 4 is 26.8 Å². The zero-order valence-electron chi connectivity index (χ0n) is 6.47. The van der Waals surface area contributed by atoms with Crippen molar-refractivity contribution in [1.29, 1.82) is 0 Å². The molecule has 0 fully saturated rings. The Bertz CT molecular complexity index is 483. The van der Waals surface area contributed by atoms with Gasteiger partial charge >= 0.3 is 0 Å². The Hall–Kier alpha value is -1.03. The van der Waals surface area contributed by atoms with Crippen molar-refractivity contribution in [3.8, 4) is 0 Å². The summed E-state index contributed by atoms with van der Waals surface area (Å²) < 4.78 is 2.55. The third-order valence-electron chi connectivity index (χ3n) is 1.85. The molecule has 0 saturated carbocycles. The molecule has 1 aromatic carbocycles. The van der Waals surface area contributed by atoms with Crippen molar-refractivity contribution in [2.45, 2.75) is 0 Å². The topological polar surface area (TPSA) is 37.8 Å². The Morgan fingerprint density at radius 2 is 2.25 bits per heavy atom. The molecule has 0 saturated heterocycles. The molecule has 62 valence electrons. The summed E-state index contributed by atoms with van der Waals surface area (Å²) in [6.45, 7) is 0. The maximum Gasteiger partial charge on any atom is 0.273 e. The van der Waals surface area contributed by atoms with E-state index in [0.717, 1.165) is 9.99 Å². The second kappa shape index (κ2) is 2.48. The third-order valence-corrected chi connectivity index (χ3v) is 2.51. The van der Waals surface area contributed by atoms with Gasteiger partial charge in [0.05, 0.1) is 10.9 Å². The molecule has 0 spiro atoms. The summed E-state index contributed by atoms with van der Waals surface area (Å²) in [4.78, 5) is 11.3. The minimum Gasteiger partial charge on any atom is -0.288 e. The van der Waals surface area contributed by atoms with Gasteiger partial charge in [0.25, 0.3) is 5.56 Å². The summed E-state index contributed by atoms with van der Waals surface area (Å²) in [7, 11) is 1.82. The molecule has 2 rings (SSSR count). The molecule has 0 aliphatic carbocycles. The molecule has 0 bridgehead atoms. The van der Waals surface area contributed by atoms with Crippen LogP contribution in [0.3, 0.4) is 0 Å². The van der Waals surface area contributed by atoms with Crippen LogP contribution in [0, 0.1) is 0 Å². The normalized spacial score (nSPS) is 10.8. The van der Waals surface area contributed by atoms with Gasteiger partial charge in [-0.05, 0) is 28.1 Å².